The number of rotatable bonds is 4. The maximum absolute atomic E-state index is 6.03. The molecule has 1 saturated carbocycles. The first-order chi connectivity index (χ1) is 10.5. The van der Waals surface area contributed by atoms with Crippen LogP contribution in [-0.4, -0.2) is 20.3 Å². The Labute approximate surface area is 147 Å². The lowest BCUT2D eigenvalue weighted by Gasteiger charge is -2.16. The smallest absolute Gasteiger partial charge is 0.276 e. The Balaban J connectivity index is 1.45. The van der Waals surface area contributed by atoms with Gasteiger partial charge in [-0.15, -0.1) is 44.7 Å². The number of hydrogen-bond donors (Lipinski definition) is 0. The zero-order chi connectivity index (χ0) is 15.3. The van der Waals surface area contributed by atoms with E-state index in [0.29, 0.717) is 17.0 Å². The average Bonchev–Trinajstić information content (AvgIpc) is 2.88. The summed E-state index contributed by atoms with van der Waals surface area (Å²) in [6.45, 7) is 2.31. The van der Waals surface area contributed by atoms with Crippen molar-refractivity contribution in [1.29, 1.82) is 0 Å². The number of alkyl halides is 2. The molecular formula is C15H16Cl2N2OS2. The monoisotopic (exact) mass is 374 g/mol. The Bertz CT molecular complexity index is 698. The van der Waals surface area contributed by atoms with Gasteiger partial charge in [0, 0.05) is 16.5 Å². The highest BCUT2D eigenvalue weighted by atomic mass is 35.5. The van der Waals surface area contributed by atoms with Crippen molar-refractivity contribution >= 4 is 46.3 Å². The normalized spacial score (nSPS) is 26.0. The molecule has 118 valence electrons. The van der Waals surface area contributed by atoms with Crippen LogP contribution in [0.5, 0.6) is 0 Å². The van der Waals surface area contributed by atoms with E-state index in [1.54, 1.807) is 11.3 Å². The van der Waals surface area contributed by atoms with Gasteiger partial charge in [0.2, 0.25) is 0 Å². The Morgan fingerprint density at radius 2 is 2.27 bits per heavy atom. The summed E-state index contributed by atoms with van der Waals surface area (Å²) in [5.74, 6) is 2.56. The molecule has 1 fully saturated rings. The number of thioether (sulfide) groups is 1. The zero-order valence-electron chi connectivity index (χ0n) is 12.1. The van der Waals surface area contributed by atoms with E-state index in [-0.39, 0.29) is 0 Å². The maximum atomic E-state index is 6.03. The van der Waals surface area contributed by atoms with Gasteiger partial charge in [0.05, 0.1) is 4.88 Å². The standard InChI is InChI=1S/C15H16Cl2N2OS2/c1-8-2-3-11-9(4-8)5-12(22-11)13-18-19-14(20-13)21-7-10-6-15(10,16)17/h5,8,10H,2-4,6-7H2,1H3/t8-,10-/m1/s1. The first-order valence-corrected chi connectivity index (χ1v) is 10.0. The van der Waals surface area contributed by atoms with Crippen molar-refractivity contribution in [3.63, 3.8) is 0 Å². The molecule has 7 heteroatoms. The summed E-state index contributed by atoms with van der Waals surface area (Å²) in [6, 6.07) is 2.22. The lowest BCUT2D eigenvalue weighted by molar-refractivity contribution is 0.466. The lowest BCUT2D eigenvalue weighted by atomic mass is 9.90. The maximum Gasteiger partial charge on any atom is 0.276 e. The Morgan fingerprint density at radius 1 is 1.45 bits per heavy atom. The molecule has 2 heterocycles. The minimum Gasteiger partial charge on any atom is -0.410 e. The minimum atomic E-state index is -0.542. The Kier molecular flexibility index (Phi) is 3.96. The molecule has 0 amide bonds. The lowest BCUT2D eigenvalue weighted by Crippen LogP contribution is -2.07. The summed E-state index contributed by atoms with van der Waals surface area (Å²) in [6.07, 6.45) is 4.46. The van der Waals surface area contributed by atoms with E-state index in [1.165, 1.54) is 35.0 Å². The Hall–Kier alpha value is -0.230. The van der Waals surface area contributed by atoms with Gasteiger partial charge in [-0.3, -0.25) is 0 Å². The highest BCUT2D eigenvalue weighted by molar-refractivity contribution is 7.99. The van der Waals surface area contributed by atoms with Gasteiger partial charge < -0.3 is 4.42 Å². The molecule has 3 nitrogen and oxygen atoms in total. The summed E-state index contributed by atoms with van der Waals surface area (Å²) in [7, 11) is 0. The van der Waals surface area contributed by atoms with Gasteiger partial charge in [-0.2, -0.15) is 0 Å². The molecule has 0 aromatic carbocycles. The molecule has 0 unspecified atom stereocenters. The van der Waals surface area contributed by atoms with Gasteiger partial charge in [0.25, 0.3) is 11.1 Å². The van der Waals surface area contributed by atoms with Crippen LogP contribution < -0.4 is 0 Å². The molecule has 0 bridgehead atoms. The van der Waals surface area contributed by atoms with Gasteiger partial charge >= 0.3 is 0 Å². The van der Waals surface area contributed by atoms with Crippen LogP contribution in [0.4, 0.5) is 0 Å². The van der Waals surface area contributed by atoms with Gasteiger partial charge in [0.15, 0.2) is 0 Å². The second-order valence-electron chi connectivity index (χ2n) is 6.25. The minimum absolute atomic E-state index is 0.326. The summed E-state index contributed by atoms with van der Waals surface area (Å²) < 4.78 is 5.24. The van der Waals surface area contributed by atoms with Crippen molar-refractivity contribution in [3.05, 3.63) is 16.5 Å². The van der Waals surface area contributed by atoms with E-state index < -0.39 is 4.33 Å². The molecule has 2 aliphatic rings. The summed E-state index contributed by atoms with van der Waals surface area (Å²) in [5, 5.41) is 8.92. The third kappa shape index (κ3) is 3.05. The van der Waals surface area contributed by atoms with Crippen LogP contribution >= 0.6 is 46.3 Å². The van der Waals surface area contributed by atoms with Crippen LogP contribution in [0.15, 0.2) is 15.7 Å². The summed E-state index contributed by atoms with van der Waals surface area (Å²) in [5.41, 5.74) is 1.46. The molecule has 0 N–H and O–H groups in total. The topological polar surface area (TPSA) is 38.9 Å². The van der Waals surface area contributed by atoms with Gasteiger partial charge in [0.1, 0.15) is 4.33 Å². The SMILES string of the molecule is C[C@@H]1CCc2sc(-c3nnc(SC[C@H]4CC4(Cl)Cl)o3)cc2C1. The largest absolute Gasteiger partial charge is 0.410 e. The van der Waals surface area contributed by atoms with Gasteiger partial charge in [-0.25, -0.2) is 0 Å². The van der Waals surface area contributed by atoms with Crippen LogP contribution in [0.2, 0.25) is 0 Å². The van der Waals surface area contributed by atoms with E-state index in [2.05, 4.69) is 23.2 Å². The van der Waals surface area contributed by atoms with Crippen molar-refractivity contribution < 1.29 is 4.42 Å². The molecule has 22 heavy (non-hydrogen) atoms. The first-order valence-electron chi connectivity index (χ1n) is 7.47. The number of aryl methyl sites for hydroxylation is 1. The third-order valence-corrected chi connectivity index (χ3v) is 7.44. The van der Waals surface area contributed by atoms with Gasteiger partial charge in [-0.05, 0) is 43.2 Å². The zero-order valence-corrected chi connectivity index (χ0v) is 15.3. The van der Waals surface area contributed by atoms with E-state index in [0.717, 1.165) is 29.4 Å². The van der Waals surface area contributed by atoms with Crippen molar-refractivity contribution in [2.24, 2.45) is 11.8 Å². The molecular weight excluding hydrogens is 359 g/mol. The van der Waals surface area contributed by atoms with Crippen molar-refractivity contribution in [3.8, 4) is 10.8 Å². The molecule has 0 aliphatic heterocycles. The fourth-order valence-electron chi connectivity index (χ4n) is 2.80. The highest BCUT2D eigenvalue weighted by Gasteiger charge is 2.51. The number of aromatic nitrogens is 2. The molecule has 0 saturated heterocycles. The second-order valence-corrected chi connectivity index (χ2v) is 9.90. The molecule has 4 rings (SSSR count). The molecule has 0 spiro atoms. The van der Waals surface area contributed by atoms with E-state index in [1.807, 2.05) is 0 Å². The van der Waals surface area contributed by atoms with Crippen molar-refractivity contribution in [2.75, 3.05) is 5.75 Å². The van der Waals surface area contributed by atoms with Crippen molar-refractivity contribution in [2.45, 2.75) is 42.2 Å². The fourth-order valence-corrected chi connectivity index (χ4v) is 5.62. The number of fused-ring (bicyclic) bond motifs is 1. The number of hydrogen-bond acceptors (Lipinski definition) is 5. The Morgan fingerprint density at radius 3 is 3.05 bits per heavy atom. The molecule has 2 atom stereocenters. The van der Waals surface area contributed by atoms with Crippen LogP contribution in [-0.2, 0) is 12.8 Å². The number of halogens is 2. The van der Waals surface area contributed by atoms with Gasteiger partial charge in [-0.1, -0.05) is 18.7 Å². The third-order valence-electron chi connectivity index (χ3n) is 4.31. The second kappa shape index (κ2) is 5.69. The molecule has 2 aromatic rings. The van der Waals surface area contributed by atoms with Crippen LogP contribution in [0.25, 0.3) is 10.8 Å². The summed E-state index contributed by atoms with van der Waals surface area (Å²) >= 11 is 15.4. The van der Waals surface area contributed by atoms with Crippen LogP contribution in [0.1, 0.15) is 30.2 Å². The highest BCUT2D eigenvalue weighted by Crippen LogP contribution is 2.54. The molecule has 2 aromatic heterocycles. The molecule has 0 radical (unpaired) electrons. The molecule has 2 aliphatic carbocycles. The van der Waals surface area contributed by atoms with E-state index in [4.69, 9.17) is 27.6 Å². The average molecular weight is 375 g/mol. The predicted molar refractivity (Wildman–Crippen MR) is 92.1 cm³/mol. The quantitative estimate of drug-likeness (QED) is 0.543. The summed E-state index contributed by atoms with van der Waals surface area (Å²) in [4.78, 5) is 2.57. The van der Waals surface area contributed by atoms with Crippen LogP contribution in [0, 0.1) is 11.8 Å². The van der Waals surface area contributed by atoms with E-state index >= 15 is 0 Å². The predicted octanol–water partition coefficient (Wildman–Crippen LogP) is 5.21. The first kappa shape index (κ1) is 15.3. The van der Waals surface area contributed by atoms with E-state index in [9.17, 15) is 0 Å². The number of thiophene rings is 1. The van der Waals surface area contributed by atoms with Crippen molar-refractivity contribution in [1.82, 2.24) is 10.2 Å². The number of nitrogens with zero attached hydrogens (tertiary/aromatic N) is 2. The van der Waals surface area contributed by atoms with Crippen LogP contribution in [0.3, 0.4) is 0 Å². The fraction of sp³-hybridized carbons (Fsp3) is 0.600.